The van der Waals surface area contributed by atoms with E-state index in [0.717, 1.165) is 27.9 Å². The molecule has 0 spiro atoms. The Balaban J connectivity index is 2.85. The summed E-state index contributed by atoms with van der Waals surface area (Å²) >= 11 is 0. The maximum Gasteiger partial charge on any atom is 0.325 e. The van der Waals surface area contributed by atoms with Gasteiger partial charge in [-0.2, -0.15) is 0 Å². The number of methoxy groups -OCH3 is 1. The van der Waals surface area contributed by atoms with Crippen LogP contribution in [0.4, 0.5) is 0 Å². The second-order valence-electron chi connectivity index (χ2n) is 8.15. The number of pyridine rings is 1. The topological polar surface area (TPSA) is 99.9 Å². The number of benzene rings is 1. The fourth-order valence-corrected chi connectivity index (χ4v) is 4.21. The zero-order valence-corrected chi connectivity index (χ0v) is 19.2. The van der Waals surface area contributed by atoms with E-state index in [-0.39, 0.29) is 30.2 Å². The normalized spacial score (nSPS) is 12.1. The number of nitrogens with zero attached hydrogens (tertiary/aromatic N) is 1. The molecule has 2 rings (SSSR count). The van der Waals surface area contributed by atoms with Crippen LogP contribution < -0.4 is 4.74 Å². The third-order valence-electron chi connectivity index (χ3n) is 5.15. The minimum atomic E-state index is -4.13. The molecule has 0 radical (unpaired) electrons. The highest BCUT2D eigenvalue weighted by molar-refractivity contribution is 7.51. The van der Waals surface area contributed by atoms with Crippen molar-refractivity contribution in [1.29, 1.82) is 0 Å². The third-order valence-corrected chi connectivity index (χ3v) is 5.95. The molecule has 0 amide bonds. The Labute approximate surface area is 173 Å². The number of phenols is 1. The maximum absolute atomic E-state index is 11.5. The van der Waals surface area contributed by atoms with Crippen LogP contribution in [-0.2, 0) is 11.0 Å². The highest BCUT2D eigenvalue weighted by atomic mass is 31.2. The standard InChI is InChI=1S/C22H32NO5P/c1-12(2)19-20(16-10-14(5)22(24)18(11-16)28-7)15(6)17(8-9-29(25,26)27)23-21(19)13(3)4/h10-13,24H,8-9H2,1-7H3,(H2,25,26,27). The Hall–Kier alpha value is -1.88. The number of aryl methyl sites for hydroxylation is 2. The predicted molar refractivity (Wildman–Crippen MR) is 116 cm³/mol. The van der Waals surface area contributed by atoms with E-state index in [2.05, 4.69) is 27.7 Å². The van der Waals surface area contributed by atoms with Crippen molar-refractivity contribution >= 4 is 7.60 Å². The second kappa shape index (κ2) is 8.86. The summed E-state index contributed by atoms with van der Waals surface area (Å²) in [6.07, 6.45) is -0.0355. The van der Waals surface area contributed by atoms with Gasteiger partial charge in [-0.15, -0.1) is 0 Å². The van der Waals surface area contributed by atoms with Gasteiger partial charge in [-0.05, 0) is 65.6 Å². The fraction of sp³-hybridized carbons (Fsp3) is 0.500. The number of phenolic OH excluding ortho intramolecular Hbond substituents is 1. The summed E-state index contributed by atoms with van der Waals surface area (Å²) in [5, 5.41) is 10.3. The van der Waals surface area contributed by atoms with Gasteiger partial charge in [0.1, 0.15) is 0 Å². The fourth-order valence-electron chi connectivity index (χ4n) is 3.70. The van der Waals surface area contributed by atoms with Gasteiger partial charge < -0.3 is 19.6 Å². The van der Waals surface area contributed by atoms with Crippen LogP contribution in [-0.4, -0.2) is 33.1 Å². The second-order valence-corrected chi connectivity index (χ2v) is 9.93. The number of hydrogen-bond donors (Lipinski definition) is 3. The molecule has 1 heterocycles. The van der Waals surface area contributed by atoms with Crippen molar-refractivity contribution in [1.82, 2.24) is 4.98 Å². The Kier molecular flexibility index (Phi) is 7.15. The first-order valence-corrected chi connectivity index (χ1v) is 11.6. The van der Waals surface area contributed by atoms with Gasteiger partial charge in [0.2, 0.25) is 0 Å². The lowest BCUT2D eigenvalue weighted by molar-refractivity contribution is 0.372. The molecule has 3 N–H and O–H groups in total. The molecular formula is C22H32NO5P. The van der Waals surface area contributed by atoms with Crippen LogP contribution in [0, 0.1) is 13.8 Å². The van der Waals surface area contributed by atoms with E-state index in [1.807, 2.05) is 26.0 Å². The quantitative estimate of drug-likeness (QED) is 0.541. The summed E-state index contributed by atoms with van der Waals surface area (Å²) < 4.78 is 16.8. The minimum Gasteiger partial charge on any atom is -0.504 e. The smallest absolute Gasteiger partial charge is 0.325 e. The van der Waals surface area contributed by atoms with E-state index in [0.29, 0.717) is 17.0 Å². The van der Waals surface area contributed by atoms with Crippen molar-refractivity contribution in [3.63, 3.8) is 0 Å². The maximum atomic E-state index is 11.5. The molecule has 0 fully saturated rings. The van der Waals surface area contributed by atoms with Gasteiger partial charge in [0.05, 0.1) is 13.3 Å². The Morgan fingerprint density at radius 2 is 1.72 bits per heavy atom. The number of ether oxygens (including phenoxy) is 1. The molecule has 0 atom stereocenters. The van der Waals surface area contributed by atoms with Crippen LogP contribution in [0.3, 0.4) is 0 Å². The summed E-state index contributed by atoms with van der Waals surface area (Å²) in [5.41, 5.74) is 6.25. The van der Waals surface area contributed by atoms with Gasteiger partial charge in [-0.25, -0.2) is 0 Å². The molecule has 0 aliphatic carbocycles. The average Bonchev–Trinajstić information content (AvgIpc) is 2.61. The molecule has 0 saturated heterocycles. The summed E-state index contributed by atoms with van der Waals surface area (Å²) in [6, 6.07) is 3.73. The summed E-state index contributed by atoms with van der Waals surface area (Å²) in [6.45, 7) is 12.1. The summed E-state index contributed by atoms with van der Waals surface area (Å²) in [7, 11) is -2.61. The van der Waals surface area contributed by atoms with Crippen LogP contribution in [0.5, 0.6) is 11.5 Å². The molecule has 160 valence electrons. The van der Waals surface area contributed by atoms with Crippen molar-refractivity contribution in [2.75, 3.05) is 13.3 Å². The van der Waals surface area contributed by atoms with Gasteiger partial charge in [0.25, 0.3) is 0 Å². The summed E-state index contributed by atoms with van der Waals surface area (Å²) in [5.74, 6) is 0.860. The highest BCUT2D eigenvalue weighted by Gasteiger charge is 2.24. The molecule has 0 saturated carbocycles. The van der Waals surface area contributed by atoms with Gasteiger partial charge in [-0.3, -0.25) is 9.55 Å². The Morgan fingerprint density at radius 1 is 1.10 bits per heavy atom. The number of hydrogen-bond acceptors (Lipinski definition) is 4. The van der Waals surface area contributed by atoms with Crippen molar-refractivity contribution < 1.29 is 24.2 Å². The molecule has 29 heavy (non-hydrogen) atoms. The van der Waals surface area contributed by atoms with Gasteiger partial charge >= 0.3 is 7.60 Å². The molecule has 0 bridgehead atoms. The van der Waals surface area contributed by atoms with E-state index in [4.69, 9.17) is 9.72 Å². The number of rotatable bonds is 7. The van der Waals surface area contributed by atoms with Crippen molar-refractivity contribution in [2.45, 2.75) is 59.8 Å². The molecule has 1 aromatic carbocycles. The lowest BCUT2D eigenvalue weighted by Gasteiger charge is -2.25. The largest absolute Gasteiger partial charge is 0.504 e. The zero-order chi connectivity index (χ0) is 22.1. The third kappa shape index (κ3) is 5.19. The molecule has 1 aromatic heterocycles. The van der Waals surface area contributed by atoms with E-state index in [1.54, 1.807) is 0 Å². The predicted octanol–water partition coefficient (Wildman–Crippen LogP) is 5.05. The van der Waals surface area contributed by atoms with Gasteiger partial charge in [0, 0.05) is 17.8 Å². The van der Waals surface area contributed by atoms with Crippen LogP contribution in [0.2, 0.25) is 0 Å². The van der Waals surface area contributed by atoms with E-state index >= 15 is 0 Å². The molecule has 2 aromatic rings. The van der Waals surface area contributed by atoms with Gasteiger partial charge in [-0.1, -0.05) is 27.7 Å². The van der Waals surface area contributed by atoms with E-state index in [9.17, 15) is 19.5 Å². The zero-order valence-electron chi connectivity index (χ0n) is 18.3. The van der Waals surface area contributed by atoms with Gasteiger partial charge in [0.15, 0.2) is 11.5 Å². The molecule has 7 heteroatoms. The molecule has 0 aliphatic heterocycles. The van der Waals surface area contributed by atoms with E-state index < -0.39 is 7.60 Å². The average molecular weight is 421 g/mol. The first-order valence-electron chi connectivity index (χ1n) is 9.83. The van der Waals surface area contributed by atoms with Crippen molar-refractivity contribution in [3.05, 3.63) is 40.2 Å². The first-order chi connectivity index (χ1) is 13.4. The lowest BCUT2D eigenvalue weighted by atomic mass is 9.84. The molecule has 0 aliphatic rings. The molecule has 6 nitrogen and oxygen atoms in total. The first kappa shape index (κ1) is 23.4. The monoisotopic (exact) mass is 421 g/mol. The van der Waals surface area contributed by atoms with Crippen molar-refractivity contribution in [2.24, 2.45) is 0 Å². The minimum absolute atomic E-state index is 0.111. The molecular weight excluding hydrogens is 389 g/mol. The lowest BCUT2D eigenvalue weighted by Crippen LogP contribution is -2.12. The SMILES string of the molecule is COc1cc(-c2c(C)c(CCP(=O)(O)O)nc(C(C)C)c2C(C)C)cc(C)c1O. The Bertz CT molecular complexity index is 947. The van der Waals surface area contributed by atoms with Crippen LogP contribution in [0.1, 0.15) is 67.6 Å². The summed E-state index contributed by atoms with van der Waals surface area (Å²) in [4.78, 5) is 23.5. The number of aromatic nitrogens is 1. The van der Waals surface area contributed by atoms with Crippen molar-refractivity contribution in [3.8, 4) is 22.6 Å². The molecule has 0 unspecified atom stereocenters. The van der Waals surface area contributed by atoms with E-state index in [1.165, 1.54) is 7.11 Å². The van der Waals surface area contributed by atoms with Crippen LogP contribution >= 0.6 is 7.60 Å². The Morgan fingerprint density at radius 3 is 2.21 bits per heavy atom. The highest BCUT2D eigenvalue weighted by Crippen LogP contribution is 2.43. The van der Waals surface area contributed by atoms with Crippen LogP contribution in [0.15, 0.2) is 12.1 Å². The van der Waals surface area contributed by atoms with Crippen LogP contribution in [0.25, 0.3) is 11.1 Å². The number of aromatic hydroxyl groups is 1.